The van der Waals surface area contributed by atoms with Crippen molar-refractivity contribution in [2.75, 3.05) is 0 Å². The van der Waals surface area contributed by atoms with Crippen molar-refractivity contribution in [1.82, 2.24) is 18.7 Å². The number of rotatable bonds is 7. The average molecular weight is 1030 g/mol. The normalized spacial score (nSPS) is 12.5. The van der Waals surface area contributed by atoms with E-state index < -0.39 is 6.98 Å². The number of pyridine rings is 1. The van der Waals surface area contributed by atoms with E-state index in [0.29, 0.717) is 28.2 Å². The molecule has 0 aliphatic carbocycles. The molecule has 13 aromatic rings. The van der Waals surface area contributed by atoms with Crippen LogP contribution in [-0.2, 0) is 28.0 Å². The van der Waals surface area contributed by atoms with E-state index >= 15 is 0 Å². The van der Waals surface area contributed by atoms with Gasteiger partial charge in [0.25, 0.3) is 0 Å². The van der Waals surface area contributed by atoms with Gasteiger partial charge in [-0.15, -0.1) is 35.9 Å². The minimum atomic E-state index is -2.62. The summed E-state index contributed by atoms with van der Waals surface area (Å²) in [5.74, 6) is 0.921. The van der Waals surface area contributed by atoms with Gasteiger partial charge < -0.3 is 28.0 Å². The molecule has 0 spiro atoms. The van der Waals surface area contributed by atoms with Crippen LogP contribution < -0.4 is 9.30 Å². The minimum Gasteiger partial charge on any atom is -0.504 e. The number of ether oxygens (including phenoxy) is 1. The summed E-state index contributed by atoms with van der Waals surface area (Å²) in [5, 5.41) is 6.60. The average Bonchev–Trinajstić information content (AvgIpc) is 4.05. The summed E-state index contributed by atoms with van der Waals surface area (Å²) in [5.41, 5.74) is 10.8. The quantitative estimate of drug-likeness (QED) is 0.118. The maximum Gasteiger partial charge on any atom is 0.242 e. The number of hydrogen-bond donors (Lipinski definition) is 0. The summed E-state index contributed by atoms with van der Waals surface area (Å²) < 4.78 is 41.3. The molecule has 0 atom stereocenters. The Morgan fingerprint density at radius 2 is 1.02 bits per heavy atom. The molecule has 0 amide bonds. The predicted molar refractivity (Wildman–Crippen MR) is 262 cm³/mol. The first kappa shape index (κ1) is 36.3. The van der Waals surface area contributed by atoms with Crippen LogP contribution in [-0.4, -0.2) is 18.7 Å². The molecular formula is C59H37N5OPt-2. The fourth-order valence-electron chi connectivity index (χ4n) is 9.80. The second-order valence-electron chi connectivity index (χ2n) is 16.2. The van der Waals surface area contributed by atoms with Gasteiger partial charge in [-0.1, -0.05) is 133 Å². The van der Waals surface area contributed by atoms with E-state index in [0.717, 1.165) is 88.1 Å². The summed E-state index contributed by atoms with van der Waals surface area (Å²) in [4.78, 5) is 4.70. The number of aromatic nitrogens is 5. The Balaban J connectivity index is 0.00000492. The molecule has 13 rings (SSSR count). The summed E-state index contributed by atoms with van der Waals surface area (Å²) in [6, 6.07) is 74.5. The zero-order valence-corrected chi connectivity index (χ0v) is 37.4. The van der Waals surface area contributed by atoms with Crippen LogP contribution >= 0.6 is 0 Å². The second kappa shape index (κ2) is 15.9. The van der Waals surface area contributed by atoms with Crippen LogP contribution in [0.2, 0.25) is 0 Å². The topological polar surface area (TPSA) is 40.8 Å². The van der Waals surface area contributed by atoms with Crippen molar-refractivity contribution in [3.05, 3.63) is 225 Å². The molecule has 0 bridgehead atoms. The standard InChI is InChI=1S/C59H37N5O.Pt/c1-61-38-62(41-18-13-20-43(37-41)65-42-19-12-17-40(36-42)58-44-21-3-2-16-39(44)34-35-60-58)56-33-14-26-49(59(56)61)57-54(63-50-27-8-4-22-45(50)46-23-5-9-28-51(46)63)31-15-32-55(57)64-52-29-10-6-24-47(52)48-25-7-11-30-53(48)64;/h2-35H,1H3;/q-2;/i1D3;. The first-order valence-electron chi connectivity index (χ1n) is 23.1. The summed E-state index contributed by atoms with van der Waals surface area (Å²) >= 11 is 0. The smallest absolute Gasteiger partial charge is 0.242 e. The number of nitrogens with zero attached hydrogens (tertiary/aromatic N) is 5. The van der Waals surface area contributed by atoms with Gasteiger partial charge in [-0.25, -0.2) is 0 Å². The van der Waals surface area contributed by atoms with Crippen molar-refractivity contribution in [3.63, 3.8) is 0 Å². The van der Waals surface area contributed by atoms with Crippen LogP contribution in [0.25, 0.3) is 105 Å². The fourth-order valence-corrected chi connectivity index (χ4v) is 9.80. The number of aryl methyl sites for hydroxylation is 1. The molecule has 316 valence electrons. The van der Waals surface area contributed by atoms with Crippen LogP contribution in [0, 0.1) is 18.5 Å². The minimum absolute atomic E-state index is 0. The molecule has 0 aliphatic heterocycles. The Kier molecular flexibility index (Phi) is 8.74. The summed E-state index contributed by atoms with van der Waals surface area (Å²) in [6.07, 6.45) is 5.08. The number of imidazole rings is 1. The predicted octanol–water partition coefficient (Wildman–Crippen LogP) is 13.7. The molecule has 6 nitrogen and oxygen atoms in total. The Bertz CT molecular complexity index is 3910. The summed E-state index contributed by atoms with van der Waals surface area (Å²) in [6.45, 7) is -2.62. The Hall–Kier alpha value is -8.05. The van der Waals surface area contributed by atoms with Crippen molar-refractivity contribution in [2.45, 2.75) is 0 Å². The van der Waals surface area contributed by atoms with Crippen LogP contribution in [0.4, 0.5) is 0 Å². The largest absolute Gasteiger partial charge is 0.504 e. The van der Waals surface area contributed by atoms with E-state index in [-0.39, 0.29) is 21.1 Å². The number of para-hydroxylation sites is 5. The molecule has 9 aromatic carbocycles. The van der Waals surface area contributed by atoms with Crippen LogP contribution in [0.1, 0.15) is 4.11 Å². The third kappa shape index (κ3) is 6.21. The van der Waals surface area contributed by atoms with Gasteiger partial charge in [0, 0.05) is 65.9 Å². The number of hydrogen-bond acceptors (Lipinski definition) is 2. The zero-order valence-electron chi connectivity index (χ0n) is 38.1. The molecule has 0 aliphatic rings. The first-order chi connectivity index (χ1) is 33.4. The van der Waals surface area contributed by atoms with Gasteiger partial charge in [0.05, 0.1) is 55.6 Å². The van der Waals surface area contributed by atoms with Crippen LogP contribution in [0.5, 0.6) is 11.5 Å². The Morgan fingerprint density at radius 1 is 0.500 bits per heavy atom. The van der Waals surface area contributed by atoms with Crippen molar-refractivity contribution in [3.8, 4) is 50.9 Å². The SMILES string of the molecule is [2H]C([2H])([2H])[n+]1[c-]n(-c2[c-]c(Oc3[c-]c(-c4nccc5ccccc45)ccc3)ccc2)c2cccc(-c3c(-n4c5ccccc5c5ccccc54)cccc3-n3c4ccccc4c4ccccc43)c21.[Pt]. The Morgan fingerprint density at radius 3 is 1.64 bits per heavy atom. The molecule has 0 unspecified atom stereocenters. The molecular weight excluding hydrogens is 990 g/mol. The number of fused-ring (bicyclic) bond motifs is 8. The maximum atomic E-state index is 9.04. The van der Waals surface area contributed by atoms with Gasteiger partial charge in [-0.3, -0.25) is 0 Å². The van der Waals surface area contributed by atoms with Gasteiger partial charge in [-0.05, 0) is 64.5 Å². The second-order valence-corrected chi connectivity index (χ2v) is 16.2. The van der Waals surface area contributed by atoms with Crippen molar-refractivity contribution in [1.29, 1.82) is 0 Å². The summed E-state index contributed by atoms with van der Waals surface area (Å²) in [7, 11) is 0. The monoisotopic (exact) mass is 1030 g/mol. The third-order valence-corrected chi connectivity index (χ3v) is 12.5. The van der Waals surface area contributed by atoms with Gasteiger partial charge in [0.15, 0.2) is 0 Å². The molecule has 66 heavy (non-hydrogen) atoms. The van der Waals surface area contributed by atoms with Crippen LogP contribution in [0.15, 0.2) is 206 Å². The van der Waals surface area contributed by atoms with E-state index in [1.807, 2.05) is 72.8 Å². The third-order valence-electron chi connectivity index (χ3n) is 12.5. The molecule has 0 fully saturated rings. The van der Waals surface area contributed by atoms with E-state index in [4.69, 9.17) is 13.8 Å². The van der Waals surface area contributed by atoms with Gasteiger partial charge in [0.1, 0.15) is 0 Å². The van der Waals surface area contributed by atoms with Crippen LogP contribution in [0.3, 0.4) is 0 Å². The van der Waals surface area contributed by atoms with E-state index in [9.17, 15) is 0 Å². The van der Waals surface area contributed by atoms with E-state index in [1.165, 1.54) is 4.57 Å². The molecule has 0 radical (unpaired) electrons. The van der Waals surface area contributed by atoms with Gasteiger partial charge in [-0.2, -0.15) is 12.1 Å². The molecule has 0 saturated heterocycles. The Labute approximate surface area is 399 Å². The molecule has 7 heteroatoms. The van der Waals surface area contributed by atoms with Gasteiger partial charge >= 0.3 is 0 Å². The van der Waals surface area contributed by atoms with E-state index in [2.05, 4.69) is 155 Å². The van der Waals surface area contributed by atoms with Crippen molar-refractivity contribution < 1.29 is 34.5 Å². The molecule has 4 heterocycles. The van der Waals surface area contributed by atoms with Crippen molar-refractivity contribution >= 4 is 65.4 Å². The fraction of sp³-hybridized carbons (Fsp3) is 0.0169. The van der Waals surface area contributed by atoms with E-state index in [1.54, 1.807) is 10.8 Å². The molecule has 4 aromatic heterocycles. The molecule has 0 saturated carbocycles. The number of benzene rings is 9. The van der Waals surface area contributed by atoms with Crippen molar-refractivity contribution in [2.24, 2.45) is 6.98 Å². The maximum absolute atomic E-state index is 9.04. The zero-order chi connectivity index (χ0) is 45.5. The molecule has 0 N–H and O–H groups in total. The van der Waals surface area contributed by atoms with Gasteiger partial charge in [0.2, 0.25) is 6.33 Å². The first-order valence-corrected chi connectivity index (χ1v) is 21.6.